The van der Waals surface area contributed by atoms with Gasteiger partial charge < -0.3 is 0 Å². The number of carbonyl (C=O) groups excluding carboxylic acids is 1. The Bertz CT molecular complexity index is 428. The molecule has 0 amide bonds. The largest absolute Gasteiger partial charge is 0.296 e. The van der Waals surface area contributed by atoms with Crippen molar-refractivity contribution < 1.29 is 4.79 Å². The number of rotatable bonds is 6. The number of hydrogen-bond donors (Lipinski definition) is 0. The molecule has 0 spiro atoms. The molecular formula is C17H27NO. The lowest BCUT2D eigenvalue weighted by molar-refractivity contribution is 0.0920. The predicted octanol–water partition coefficient (Wildman–Crippen LogP) is 3.91. The van der Waals surface area contributed by atoms with Crippen molar-refractivity contribution in [3.63, 3.8) is 0 Å². The first kappa shape index (κ1) is 15.9. The lowest BCUT2D eigenvalue weighted by Crippen LogP contribution is -2.34. The molecule has 2 nitrogen and oxygen atoms in total. The minimum absolute atomic E-state index is 0.237. The van der Waals surface area contributed by atoms with Gasteiger partial charge in [0, 0.05) is 11.6 Å². The molecule has 0 bridgehead atoms. The second-order valence-electron chi connectivity index (χ2n) is 5.75. The number of aryl methyl sites for hydroxylation is 3. The molecule has 1 unspecified atom stereocenters. The van der Waals surface area contributed by atoms with Crippen LogP contribution in [0.5, 0.6) is 0 Å². The van der Waals surface area contributed by atoms with Gasteiger partial charge in [0.25, 0.3) is 0 Å². The fraction of sp³-hybridized carbons (Fsp3) is 0.588. The summed E-state index contributed by atoms with van der Waals surface area (Å²) in [6.45, 7) is 11.0. The fourth-order valence-corrected chi connectivity index (χ4v) is 2.72. The number of benzene rings is 1. The maximum Gasteiger partial charge on any atom is 0.177 e. The Hall–Kier alpha value is -1.15. The van der Waals surface area contributed by atoms with E-state index in [4.69, 9.17) is 0 Å². The highest BCUT2D eigenvalue weighted by Gasteiger charge is 2.17. The molecule has 0 aliphatic rings. The van der Waals surface area contributed by atoms with E-state index in [1.165, 1.54) is 5.56 Å². The average molecular weight is 261 g/mol. The predicted molar refractivity (Wildman–Crippen MR) is 82.0 cm³/mol. The summed E-state index contributed by atoms with van der Waals surface area (Å²) in [4.78, 5) is 14.6. The van der Waals surface area contributed by atoms with E-state index >= 15 is 0 Å². The molecule has 1 aromatic rings. The first-order valence-electron chi connectivity index (χ1n) is 7.18. The fourth-order valence-electron chi connectivity index (χ4n) is 2.72. The van der Waals surface area contributed by atoms with Crippen molar-refractivity contribution in [2.24, 2.45) is 0 Å². The van der Waals surface area contributed by atoms with Crippen molar-refractivity contribution in [3.05, 3.63) is 34.4 Å². The van der Waals surface area contributed by atoms with Gasteiger partial charge in [-0.15, -0.1) is 0 Å². The Morgan fingerprint density at radius 1 is 1.21 bits per heavy atom. The van der Waals surface area contributed by atoms with Crippen LogP contribution in [0.15, 0.2) is 12.1 Å². The quantitative estimate of drug-likeness (QED) is 0.723. The molecule has 0 radical (unpaired) electrons. The van der Waals surface area contributed by atoms with Gasteiger partial charge in [-0.1, -0.05) is 31.0 Å². The van der Waals surface area contributed by atoms with E-state index in [0.29, 0.717) is 12.6 Å². The van der Waals surface area contributed by atoms with Gasteiger partial charge in [0.1, 0.15) is 0 Å². The number of likely N-dealkylation sites (N-methyl/N-ethyl adjacent to an activating group) is 1. The molecular weight excluding hydrogens is 234 g/mol. The average Bonchev–Trinajstić information content (AvgIpc) is 2.27. The monoisotopic (exact) mass is 261 g/mol. The number of nitrogens with zero attached hydrogens (tertiary/aromatic N) is 1. The molecule has 19 heavy (non-hydrogen) atoms. The number of carbonyl (C=O) groups is 1. The van der Waals surface area contributed by atoms with Gasteiger partial charge in [0.05, 0.1) is 6.54 Å². The van der Waals surface area contributed by atoms with Crippen molar-refractivity contribution in [1.82, 2.24) is 4.90 Å². The first-order valence-corrected chi connectivity index (χ1v) is 7.18. The van der Waals surface area contributed by atoms with E-state index in [-0.39, 0.29) is 5.78 Å². The van der Waals surface area contributed by atoms with Gasteiger partial charge in [-0.3, -0.25) is 9.69 Å². The zero-order chi connectivity index (χ0) is 14.6. The van der Waals surface area contributed by atoms with Crippen LogP contribution in [0.4, 0.5) is 0 Å². The van der Waals surface area contributed by atoms with Gasteiger partial charge in [-0.05, 0) is 52.3 Å². The van der Waals surface area contributed by atoms with E-state index in [9.17, 15) is 4.79 Å². The maximum absolute atomic E-state index is 12.5. The van der Waals surface area contributed by atoms with Gasteiger partial charge >= 0.3 is 0 Å². The van der Waals surface area contributed by atoms with Gasteiger partial charge in [0.2, 0.25) is 0 Å². The van der Waals surface area contributed by atoms with E-state index in [1.807, 2.05) is 20.9 Å². The highest BCUT2D eigenvalue weighted by molar-refractivity contribution is 6.00. The molecule has 1 atom stereocenters. The number of ketones is 1. The third-order valence-electron chi connectivity index (χ3n) is 3.81. The summed E-state index contributed by atoms with van der Waals surface area (Å²) in [5.41, 5.74) is 4.32. The molecule has 2 heteroatoms. The standard InChI is InChI=1S/C17H27NO/c1-7-8-15(5)18(6)11-16(19)17-13(3)9-12(2)10-14(17)4/h9-10,15H,7-8,11H2,1-6H3. The Morgan fingerprint density at radius 2 is 1.74 bits per heavy atom. The van der Waals surface area contributed by atoms with E-state index in [0.717, 1.165) is 29.5 Å². The third kappa shape index (κ3) is 4.17. The van der Waals surface area contributed by atoms with Gasteiger partial charge in [-0.25, -0.2) is 0 Å². The topological polar surface area (TPSA) is 20.3 Å². The van der Waals surface area contributed by atoms with Crippen molar-refractivity contribution in [3.8, 4) is 0 Å². The van der Waals surface area contributed by atoms with Crippen LogP contribution in [0.1, 0.15) is 53.7 Å². The Labute approximate surface area is 117 Å². The molecule has 0 saturated heterocycles. The Morgan fingerprint density at radius 3 is 2.21 bits per heavy atom. The summed E-state index contributed by atoms with van der Waals surface area (Å²) >= 11 is 0. The summed E-state index contributed by atoms with van der Waals surface area (Å²) in [7, 11) is 2.04. The lowest BCUT2D eigenvalue weighted by Gasteiger charge is -2.24. The van der Waals surface area contributed by atoms with Crippen LogP contribution in [0, 0.1) is 20.8 Å². The minimum Gasteiger partial charge on any atom is -0.296 e. The molecule has 0 aliphatic heterocycles. The molecule has 1 aromatic carbocycles. The smallest absolute Gasteiger partial charge is 0.177 e. The van der Waals surface area contributed by atoms with Crippen LogP contribution in [-0.2, 0) is 0 Å². The summed E-state index contributed by atoms with van der Waals surface area (Å²) in [5, 5.41) is 0. The summed E-state index contributed by atoms with van der Waals surface area (Å²) in [6, 6.07) is 4.64. The van der Waals surface area contributed by atoms with Crippen LogP contribution in [0.25, 0.3) is 0 Å². The van der Waals surface area contributed by atoms with E-state index in [1.54, 1.807) is 0 Å². The first-order chi connectivity index (χ1) is 8.86. The van der Waals surface area contributed by atoms with Crippen LogP contribution in [-0.4, -0.2) is 30.3 Å². The summed E-state index contributed by atoms with van der Waals surface area (Å²) in [5.74, 6) is 0.237. The van der Waals surface area contributed by atoms with Crippen molar-refractivity contribution in [2.45, 2.75) is 53.5 Å². The van der Waals surface area contributed by atoms with Crippen LogP contribution < -0.4 is 0 Å². The summed E-state index contributed by atoms with van der Waals surface area (Å²) < 4.78 is 0. The summed E-state index contributed by atoms with van der Waals surface area (Å²) in [6.07, 6.45) is 2.29. The van der Waals surface area contributed by atoms with Gasteiger partial charge in [0.15, 0.2) is 5.78 Å². The Kier molecular flexibility index (Phi) is 5.74. The van der Waals surface area contributed by atoms with Crippen molar-refractivity contribution >= 4 is 5.78 Å². The second-order valence-corrected chi connectivity index (χ2v) is 5.75. The van der Waals surface area contributed by atoms with E-state index < -0.39 is 0 Å². The maximum atomic E-state index is 12.5. The highest BCUT2D eigenvalue weighted by Crippen LogP contribution is 2.18. The van der Waals surface area contributed by atoms with Crippen LogP contribution >= 0.6 is 0 Å². The number of hydrogen-bond acceptors (Lipinski definition) is 2. The molecule has 0 N–H and O–H groups in total. The van der Waals surface area contributed by atoms with E-state index in [2.05, 4.69) is 37.8 Å². The molecule has 0 aromatic heterocycles. The third-order valence-corrected chi connectivity index (χ3v) is 3.81. The van der Waals surface area contributed by atoms with Crippen molar-refractivity contribution in [2.75, 3.05) is 13.6 Å². The Balaban J connectivity index is 2.84. The normalized spacial score (nSPS) is 12.8. The molecule has 106 valence electrons. The molecule has 0 fully saturated rings. The van der Waals surface area contributed by atoms with Crippen molar-refractivity contribution in [1.29, 1.82) is 0 Å². The van der Waals surface area contributed by atoms with Crippen LogP contribution in [0.2, 0.25) is 0 Å². The van der Waals surface area contributed by atoms with Crippen LogP contribution in [0.3, 0.4) is 0 Å². The second kappa shape index (κ2) is 6.85. The molecule has 0 aliphatic carbocycles. The minimum atomic E-state index is 0.237. The lowest BCUT2D eigenvalue weighted by atomic mass is 9.96. The number of Topliss-reactive ketones (excluding diaryl/α,β-unsaturated/α-hetero) is 1. The highest BCUT2D eigenvalue weighted by atomic mass is 16.1. The zero-order valence-electron chi connectivity index (χ0n) is 13.2. The SMILES string of the molecule is CCCC(C)N(C)CC(=O)c1c(C)cc(C)cc1C. The molecule has 1 rings (SSSR count). The molecule has 0 saturated carbocycles. The zero-order valence-corrected chi connectivity index (χ0v) is 13.2. The molecule has 0 heterocycles. The van der Waals surface area contributed by atoms with Gasteiger partial charge in [-0.2, -0.15) is 0 Å².